The van der Waals surface area contributed by atoms with Crippen molar-refractivity contribution >= 4 is 0 Å². The van der Waals surface area contributed by atoms with Crippen LogP contribution in [0, 0.1) is 0 Å². The Kier molecular flexibility index (Phi) is 8.70. The van der Waals surface area contributed by atoms with Crippen LogP contribution in [0.25, 0.3) is 0 Å². The highest BCUT2D eigenvalue weighted by atomic mass is 16.5. The first-order valence-corrected chi connectivity index (χ1v) is 3.38. The minimum absolute atomic E-state index is 0. The molecular formula is C6H17NO3. The molecule has 0 aliphatic heterocycles. The highest BCUT2D eigenvalue weighted by Crippen LogP contribution is 1.76. The summed E-state index contributed by atoms with van der Waals surface area (Å²) in [5.41, 5.74) is 5.16. The quantitative estimate of drug-likeness (QED) is 0.468. The van der Waals surface area contributed by atoms with Gasteiger partial charge < -0.3 is 20.3 Å². The first-order valence-electron chi connectivity index (χ1n) is 3.38. The molecule has 0 fully saturated rings. The SMILES string of the molecule is NCCOCCOCCO.[HH]. The van der Waals surface area contributed by atoms with Gasteiger partial charge in [-0.15, -0.1) is 0 Å². The molecule has 0 aromatic heterocycles. The topological polar surface area (TPSA) is 64.7 Å². The number of rotatable bonds is 7. The van der Waals surface area contributed by atoms with Crippen LogP contribution in [0.5, 0.6) is 0 Å². The number of hydrogen-bond donors (Lipinski definition) is 2. The van der Waals surface area contributed by atoms with E-state index >= 15 is 0 Å². The molecule has 0 heterocycles. The number of hydrogen-bond acceptors (Lipinski definition) is 4. The van der Waals surface area contributed by atoms with Crippen LogP contribution in [0.1, 0.15) is 1.43 Å². The van der Waals surface area contributed by atoms with E-state index in [4.69, 9.17) is 20.3 Å². The lowest BCUT2D eigenvalue weighted by Gasteiger charge is -2.02. The molecule has 0 aliphatic carbocycles. The summed E-state index contributed by atoms with van der Waals surface area (Å²) >= 11 is 0. The predicted molar refractivity (Wildman–Crippen MR) is 39.9 cm³/mol. The highest BCUT2D eigenvalue weighted by molar-refractivity contribution is 4.32. The lowest BCUT2D eigenvalue weighted by molar-refractivity contribution is 0.0354. The summed E-state index contributed by atoms with van der Waals surface area (Å²) < 4.78 is 9.91. The van der Waals surface area contributed by atoms with E-state index in [1.807, 2.05) is 0 Å². The molecule has 0 radical (unpaired) electrons. The Labute approximate surface area is 62.4 Å². The first-order chi connectivity index (χ1) is 4.91. The molecule has 0 aliphatic rings. The van der Waals surface area contributed by atoms with E-state index in [2.05, 4.69) is 0 Å². The van der Waals surface area contributed by atoms with Crippen LogP contribution in [0.2, 0.25) is 0 Å². The lowest BCUT2D eigenvalue weighted by Crippen LogP contribution is -2.12. The van der Waals surface area contributed by atoms with Gasteiger partial charge in [0.15, 0.2) is 0 Å². The summed E-state index contributed by atoms with van der Waals surface area (Å²) in [5, 5.41) is 8.28. The molecule has 0 aromatic rings. The Morgan fingerprint density at radius 2 is 1.70 bits per heavy atom. The number of aliphatic hydroxyl groups is 1. The maximum atomic E-state index is 8.28. The average molecular weight is 151 g/mol. The molecule has 0 unspecified atom stereocenters. The summed E-state index contributed by atoms with van der Waals surface area (Å²) in [6.45, 7) is 2.64. The molecule has 64 valence electrons. The number of nitrogens with two attached hydrogens (primary N) is 1. The van der Waals surface area contributed by atoms with Crippen molar-refractivity contribution in [2.24, 2.45) is 5.73 Å². The largest absolute Gasteiger partial charge is 0.394 e. The van der Waals surface area contributed by atoms with Gasteiger partial charge >= 0.3 is 0 Å². The maximum Gasteiger partial charge on any atom is 0.0701 e. The van der Waals surface area contributed by atoms with Gasteiger partial charge in [0.05, 0.1) is 33.0 Å². The molecule has 4 heteroatoms. The van der Waals surface area contributed by atoms with E-state index in [1.165, 1.54) is 0 Å². The van der Waals surface area contributed by atoms with Gasteiger partial charge in [0, 0.05) is 7.97 Å². The Morgan fingerprint density at radius 1 is 1.10 bits per heavy atom. The highest BCUT2D eigenvalue weighted by Gasteiger charge is 1.86. The van der Waals surface area contributed by atoms with Crippen molar-refractivity contribution in [1.82, 2.24) is 0 Å². The molecule has 0 bridgehead atoms. The predicted octanol–water partition coefficient (Wildman–Crippen LogP) is -0.783. The van der Waals surface area contributed by atoms with Gasteiger partial charge in [0.1, 0.15) is 0 Å². The Morgan fingerprint density at radius 3 is 2.20 bits per heavy atom. The van der Waals surface area contributed by atoms with Crippen LogP contribution in [0.15, 0.2) is 0 Å². The van der Waals surface area contributed by atoms with Crippen molar-refractivity contribution < 1.29 is 16.0 Å². The van der Waals surface area contributed by atoms with E-state index in [1.54, 1.807) is 0 Å². The molecule has 3 N–H and O–H groups in total. The molecule has 0 amide bonds. The van der Waals surface area contributed by atoms with Crippen LogP contribution in [0.3, 0.4) is 0 Å². The summed E-state index contributed by atoms with van der Waals surface area (Å²) in [4.78, 5) is 0. The van der Waals surface area contributed by atoms with E-state index in [-0.39, 0.29) is 8.03 Å². The summed E-state index contributed by atoms with van der Waals surface area (Å²) in [6.07, 6.45) is 0. The minimum Gasteiger partial charge on any atom is -0.394 e. The van der Waals surface area contributed by atoms with E-state index in [9.17, 15) is 0 Å². The van der Waals surface area contributed by atoms with Crippen molar-refractivity contribution in [1.29, 1.82) is 0 Å². The van der Waals surface area contributed by atoms with Crippen LogP contribution in [-0.4, -0.2) is 44.7 Å². The van der Waals surface area contributed by atoms with Gasteiger partial charge in [-0.25, -0.2) is 0 Å². The lowest BCUT2D eigenvalue weighted by atomic mass is 10.7. The Hall–Kier alpha value is -0.160. The number of aliphatic hydroxyl groups excluding tert-OH is 1. The van der Waals surface area contributed by atoms with Crippen molar-refractivity contribution in [3.05, 3.63) is 0 Å². The Balaban J connectivity index is 0. The molecule has 0 rings (SSSR count). The van der Waals surface area contributed by atoms with Gasteiger partial charge in [-0.1, -0.05) is 0 Å². The molecule has 0 saturated heterocycles. The van der Waals surface area contributed by atoms with Crippen LogP contribution in [0.4, 0.5) is 0 Å². The normalized spacial score (nSPS) is 10.2. The fourth-order valence-corrected chi connectivity index (χ4v) is 0.470. The fraction of sp³-hybridized carbons (Fsp3) is 1.00. The molecule has 0 spiro atoms. The molecule has 0 aromatic carbocycles. The zero-order chi connectivity index (χ0) is 7.66. The standard InChI is InChI=1S/C6H15NO3.H2/c7-1-3-9-5-6-10-4-2-8;/h8H,1-7H2;1H. The second-order valence-corrected chi connectivity index (χ2v) is 1.74. The zero-order valence-corrected chi connectivity index (χ0v) is 6.08. The summed E-state index contributed by atoms with van der Waals surface area (Å²) in [6, 6.07) is 0. The third-order valence-corrected chi connectivity index (χ3v) is 0.870. The van der Waals surface area contributed by atoms with Gasteiger partial charge in [-0.2, -0.15) is 0 Å². The number of ether oxygens (including phenoxy) is 2. The van der Waals surface area contributed by atoms with Crippen molar-refractivity contribution in [3.8, 4) is 0 Å². The van der Waals surface area contributed by atoms with Gasteiger partial charge in [-0.3, -0.25) is 0 Å². The van der Waals surface area contributed by atoms with Crippen molar-refractivity contribution in [2.75, 3.05) is 39.6 Å². The van der Waals surface area contributed by atoms with Crippen LogP contribution >= 0.6 is 0 Å². The fourth-order valence-electron chi connectivity index (χ4n) is 0.470. The second-order valence-electron chi connectivity index (χ2n) is 1.74. The summed E-state index contributed by atoms with van der Waals surface area (Å²) in [5.74, 6) is 0. The maximum absolute atomic E-state index is 8.28. The van der Waals surface area contributed by atoms with Gasteiger partial charge in [0.2, 0.25) is 0 Å². The molecular weight excluding hydrogens is 134 g/mol. The smallest absolute Gasteiger partial charge is 0.0701 e. The van der Waals surface area contributed by atoms with E-state index in [0.29, 0.717) is 33.0 Å². The second kappa shape index (κ2) is 8.84. The molecule has 10 heavy (non-hydrogen) atoms. The molecule has 0 saturated carbocycles. The monoisotopic (exact) mass is 151 g/mol. The third kappa shape index (κ3) is 7.84. The van der Waals surface area contributed by atoms with E-state index in [0.717, 1.165) is 0 Å². The first kappa shape index (κ1) is 9.84. The third-order valence-electron chi connectivity index (χ3n) is 0.870. The van der Waals surface area contributed by atoms with Crippen molar-refractivity contribution in [3.63, 3.8) is 0 Å². The van der Waals surface area contributed by atoms with Crippen LogP contribution in [-0.2, 0) is 9.47 Å². The molecule has 0 atom stereocenters. The zero-order valence-electron chi connectivity index (χ0n) is 6.08. The Bertz CT molecular complexity index is 57.8. The molecule has 4 nitrogen and oxygen atoms in total. The van der Waals surface area contributed by atoms with Crippen molar-refractivity contribution in [2.45, 2.75) is 0 Å². The average Bonchev–Trinajstić information content (AvgIpc) is 1.97. The van der Waals surface area contributed by atoms with E-state index < -0.39 is 0 Å². The minimum atomic E-state index is 0. The van der Waals surface area contributed by atoms with Crippen LogP contribution < -0.4 is 5.73 Å². The van der Waals surface area contributed by atoms with Gasteiger partial charge in [0.25, 0.3) is 0 Å². The summed E-state index contributed by atoms with van der Waals surface area (Å²) in [7, 11) is 0. The van der Waals surface area contributed by atoms with Gasteiger partial charge in [-0.05, 0) is 0 Å².